The zero-order valence-electron chi connectivity index (χ0n) is 31.8. The van der Waals surface area contributed by atoms with E-state index in [4.69, 9.17) is 0 Å². The van der Waals surface area contributed by atoms with Crippen molar-refractivity contribution in [3.63, 3.8) is 0 Å². The number of fused-ring (bicyclic) bond motifs is 6. The van der Waals surface area contributed by atoms with Gasteiger partial charge in [-0.25, -0.2) is 0 Å². The molecular weight excluding hydrogens is 681 g/mol. The molecule has 10 rings (SSSR count). The molecule has 4 heteroatoms. The van der Waals surface area contributed by atoms with Gasteiger partial charge in [-0.3, -0.25) is 4.98 Å². The fourth-order valence-electron chi connectivity index (χ4n) is 8.92. The number of rotatable bonds is 5. The number of para-hydroxylation sites is 2. The van der Waals surface area contributed by atoms with E-state index in [-0.39, 0.29) is 0 Å². The zero-order valence-corrected chi connectivity index (χ0v) is 31.8. The number of nitriles is 1. The summed E-state index contributed by atoms with van der Waals surface area (Å²) >= 11 is 0. The third-order valence-corrected chi connectivity index (χ3v) is 11.4. The lowest BCUT2D eigenvalue weighted by molar-refractivity contribution is 1.13. The molecule has 0 fully saturated rings. The third-order valence-electron chi connectivity index (χ3n) is 11.4. The standard InChI is InChI=1S/C52H38N4/c1-32-13-17-40(34(3)25-32)38-15-19-48-44(29-38)42-9-5-7-11-46(42)55(48)50-27-36(31-53)28-51(52(50)37-21-23-54-24-22-37)56-47-12-8-6-10-43(47)45-30-39(16-20-49(45)56)41-18-14-33(2)26-35(41)4/h5-30H,1-4H3. The van der Waals surface area contributed by atoms with Crippen molar-refractivity contribution in [2.24, 2.45) is 0 Å². The van der Waals surface area contributed by atoms with Gasteiger partial charge in [0.25, 0.3) is 0 Å². The van der Waals surface area contributed by atoms with E-state index in [1.165, 1.54) is 55.3 Å². The summed E-state index contributed by atoms with van der Waals surface area (Å²) in [6.07, 6.45) is 3.70. The van der Waals surface area contributed by atoms with E-state index in [1.54, 1.807) is 0 Å². The normalized spacial score (nSPS) is 11.6. The highest BCUT2D eigenvalue weighted by Gasteiger charge is 2.24. The average molecular weight is 719 g/mol. The van der Waals surface area contributed by atoms with Gasteiger partial charge < -0.3 is 9.13 Å². The van der Waals surface area contributed by atoms with Crippen molar-refractivity contribution in [1.82, 2.24) is 14.1 Å². The molecule has 4 nitrogen and oxygen atoms in total. The Balaban J connectivity index is 1.30. The van der Waals surface area contributed by atoms with Gasteiger partial charge in [-0.2, -0.15) is 5.26 Å². The summed E-state index contributed by atoms with van der Waals surface area (Å²) in [5, 5.41) is 15.4. The zero-order chi connectivity index (χ0) is 38.1. The number of nitrogens with zero attached hydrogens (tertiary/aromatic N) is 4. The maximum atomic E-state index is 10.7. The van der Waals surface area contributed by atoms with Crippen LogP contribution < -0.4 is 0 Å². The minimum Gasteiger partial charge on any atom is -0.308 e. The highest BCUT2D eigenvalue weighted by atomic mass is 15.0. The first kappa shape index (κ1) is 33.4. The van der Waals surface area contributed by atoms with Crippen LogP contribution in [0.1, 0.15) is 27.8 Å². The van der Waals surface area contributed by atoms with Crippen molar-refractivity contribution in [2.45, 2.75) is 27.7 Å². The molecule has 10 aromatic rings. The Morgan fingerprint density at radius 2 is 0.911 bits per heavy atom. The van der Waals surface area contributed by atoms with E-state index in [9.17, 15) is 5.26 Å². The molecule has 0 amide bonds. The van der Waals surface area contributed by atoms with E-state index in [1.807, 2.05) is 12.4 Å². The Hall–Kier alpha value is -7.22. The van der Waals surface area contributed by atoms with Gasteiger partial charge in [-0.1, -0.05) is 96.1 Å². The molecule has 0 saturated heterocycles. The summed E-state index contributed by atoms with van der Waals surface area (Å²) in [4.78, 5) is 4.43. The lowest BCUT2D eigenvalue weighted by Crippen LogP contribution is -2.05. The lowest BCUT2D eigenvalue weighted by atomic mass is 9.97. The van der Waals surface area contributed by atoms with Crippen LogP contribution in [0.5, 0.6) is 0 Å². The molecular formula is C52H38N4. The van der Waals surface area contributed by atoms with Crippen LogP contribution in [0.15, 0.2) is 158 Å². The van der Waals surface area contributed by atoms with Crippen LogP contribution >= 0.6 is 0 Å². The summed E-state index contributed by atoms with van der Waals surface area (Å²) in [5.74, 6) is 0. The Morgan fingerprint density at radius 3 is 1.38 bits per heavy atom. The molecule has 3 heterocycles. The van der Waals surface area contributed by atoms with Gasteiger partial charge in [-0.15, -0.1) is 0 Å². The van der Waals surface area contributed by atoms with Crippen molar-refractivity contribution in [1.29, 1.82) is 5.26 Å². The van der Waals surface area contributed by atoms with Crippen LogP contribution in [0.3, 0.4) is 0 Å². The highest BCUT2D eigenvalue weighted by molar-refractivity contribution is 6.13. The van der Waals surface area contributed by atoms with Crippen molar-refractivity contribution in [3.05, 3.63) is 186 Å². The van der Waals surface area contributed by atoms with Gasteiger partial charge in [-0.05, 0) is 127 Å². The molecule has 56 heavy (non-hydrogen) atoms. The monoisotopic (exact) mass is 718 g/mol. The van der Waals surface area contributed by atoms with Crippen LogP contribution in [0.25, 0.3) is 88.4 Å². The van der Waals surface area contributed by atoms with Crippen LogP contribution in [-0.4, -0.2) is 14.1 Å². The second-order valence-electron chi connectivity index (χ2n) is 15.0. The lowest BCUT2D eigenvalue weighted by Gasteiger charge is -2.21. The molecule has 3 aromatic heterocycles. The van der Waals surface area contributed by atoms with Crippen molar-refractivity contribution in [3.8, 4) is 50.8 Å². The molecule has 0 atom stereocenters. The van der Waals surface area contributed by atoms with Crippen molar-refractivity contribution in [2.75, 3.05) is 0 Å². The highest BCUT2D eigenvalue weighted by Crippen LogP contribution is 2.44. The molecule has 0 aliphatic carbocycles. The number of benzene rings is 7. The van der Waals surface area contributed by atoms with Crippen molar-refractivity contribution >= 4 is 43.6 Å². The van der Waals surface area contributed by atoms with Gasteiger partial charge in [0.15, 0.2) is 0 Å². The largest absolute Gasteiger partial charge is 0.308 e. The summed E-state index contributed by atoms with van der Waals surface area (Å²) in [6.45, 7) is 8.65. The quantitative estimate of drug-likeness (QED) is 0.178. The first-order valence-electron chi connectivity index (χ1n) is 19.1. The molecule has 0 aliphatic heterocycles. The number of pyridine rings is 1. The average Bonchev–Trinajstić information content (AvgIpc) is 3.73. The van der Waals surface area contributed by atoms with Crippen molar-refractivity contribution < 1.29 is 0 Å². The Bertz CT molecular complexity index is 3050. The second kappa shape index (κ2) is 13.0. The topological polar surface area (TPSA) is 46.5 Å². The summed E-state index contributed by atoms with van der Waals surface area (Å²) in [5.41, 5.74) is 18.7. The van der Waals surface area contributed by atoms with Gasteiger partial charge in [0, 0.05) is 39.5 Å². The van der Waals surface area contributed by atoms with Gasteiger partial charge in [0.05, 0.1) is 45.1 Å². The Kier molecular flexibility index (Phi) is 7.73. The Morgan fingerprint density at radius 1 is 0.446 bits per heavy atom. The SMILES string of the molecule is Cc1ccc(-c2ccc3c(c2)c2ccccc2n3-c2cc(C#N)cc(-n3c4ccccc4c4cc(-c5ccc(C)cc5C)ccc43)c2-c2ccncc2)c(C)c1. The molecule has 0 saturated carbocycles. The second-order valence-corrected chi connectivity index (χ2v) is 15.0. The maximum absolute atomic E-state index is 10.7. The summed E-state index contributed by atoms with van der Waals surface area (Å²) in [6, 6.07) is 55.0. The molecule has 0 unspecified atom stereocenters. The smallest absolute Gasteiger partial charge is 0.0993 e. The van der Waals surface area contributed by atoms with E-state index in [0.717, 1.165) is 55.3 Å². The molecule has 266 valence electrons. The van der Waals surface area contributed by atoms with Gasteiger partial charge in [0.1, 0.15) is 0 Å². The van der Waals surface area contributed by atoms with Crippen LogP contribution in [0.2, 0.25) is 0 Å². The summed E-state index contributed by atoms with van der Waals surface area (Å²) in [7, 11) is 0. The van der Waals surface area contributed by atoms with Gasteiger partial charge in [0.2, 0.25) is 0 Å². The molecule has 0 radical (unpaired) electrons. The van der Waals surface area contributed by atoms with E-state index >= 15 is 0 Å². The molecule has 0 aliphatic rings. The predicted octanol–water partition coefficient (Wildman–Crippen LogP) is 13.4. The third kappa shape index (κ3) is 5.24. The van der Waals surface area contributed by atoms with Crippen LogP contribution in [0, 0.1) is 39.0 Å². The van der Waals surface area contributed by atoms with E-state index in [0.29, 0.717) is 5.56 Å². The fourth-order valence-corrected chi connectivity index (χ4v) is 8.92. The van der Waals surface area contributed by atoms with Gasteiger partial charge >= 0.3 is 0 Å². The molecule has 0 spiro atoms. The molecule has 0 N–H and O–H groups in total. The van der Waals surface area contributed by atoms with Crippen LogP contribution in [-0.2, 0) is 0 Å². The fraction of sp³-hybridized carbons (Fsp3) is 0.0769. The van der Waals surface area contributed by atoms with E-state index in [2.05, 4.69) is 193 Å². The minimum absolute atomic E-state index is 0.587. The number of hydrogen-bond donors (Lipinski definition) is 0. The summed E-state index contributed by atoms with van der Waals surface area (Å²) < 4.78 is 4.70. The number of aromatic nitrogens is 3. The first-order valence-corrected chi connectivity index (χ1v) is 19.1. The molecule has 0 bridgehead atoms. The predicted molar refractivity (Wildman–Crippen MR) is 233 cm³/mol. The number of hydrogen-bond acceptors (Lipinski definition) is 2. The minimum atomic E-state index is 0.587. The molecule has 7 aromatic carbocycles. The maximum Gasteiger partial charge on any atom is 0.0993 e. The number of aryl methyl sites for hydroxylation is 4. The van der Waals surface area contributed by atoms with E-state index < -0.39 is 0 Å². The van der Waals surface area contributed by atoms with Crippen LogP contribution in [0.4, 0.5) is 0 Å². The first-order chi connectivity index (χ1) is 27.4. The Labute approximate surface area is 326 Å².